The number of nitrogens with zero attached hydrogens (tertiary/aromatic N) is 11. The second-order valence-corrected chi connectivity index (χ2v) is 21.2. The Morgan fingerprint density at radius 1 is 0.766 bits per heavy atom. The molecule has 3 N–H and O–H groups in total. The molecule has 0 aliphatic heterocycles. The quantitative estimate of drug-likeness (QED) is 0.0368. The molecule has 0 aliphatic rings. The van der Waals surface area contributed by atoms with Crippen molar-refractivity contribution in [1.82, 2.24) is 60.0 Å². The second kappa shape index (κ2) is 41.0. The lowest BCUT2D eigenvalue weighted by atomic mass is 9.92. The molecule has 1 atom stereocenters. The van der Waals surface area contributed by atoms with E-state index in [1.807, 2.05) is 109 Å². The molecule has 0 bridgehead atoms. The molecule has 94 heavy (non-hydrogen) atoms. The molecular weight excluding hydrogens is 1250 g/mol. The number of para-hydroxylation sites is 1. The number of carbonyl (C=O) groups is 2. The van der Waals surface area contributed by atoms with E-state index in [9.17, 15) is 23.5 Å². The van der Waals surface area contributed by atoms with Crippen molar-refractivity contribution in [2.24, 2.45) is 7.05 Å². The number of carbonyl (C=O) groups excluding carboxylic acids is 2. The Morgan fingerprint density at radius 2 is 1.49 bits per heavy atom. The van der Waals surface area contributed by atoms with Crippen LogP contribution in [0.4, 0.5) is 14.5 Å². The maximum Gasteiger partial charge on any atom is 0.244 e. The molecule has 0 saturated carbocycles. The van der Waals surface area contributed by atoms with E-state index in [4.69, 9.17) is 59.6 Å². The van der Waals surface area contributed by atoms with E-state index in [1.165, 1.54) is 53.0 Å². The Bertz CT molecular complexity index is 4300. The molecule has 18 nitrogen and oxygen atoms in total. The van der Waals surface area contributed by atoms with Crippen LogP contribution in [0.2, 0.25) is 5.02 Å². The highest BCUT2D eigenvalue weighted by atomic mass is 35.5. The number of hydrogen-bond donors (Lipinski definition) is 3. The smallest absolute Gasteiger partial charge is 0.244 e. The summed E-state index contributed by atoms with van der Waals surface area (Å²) in [6.45, 7) is 2.19. The van der Waals surface area contributed by atoms with Crippen molar-refractivity contribution < 1.29 is 33.0 Å². The highest BCUT2D eigenvalue weighted by molar-refractivity contribution is 7.99. The van der Waals surface area contributed by atoms with E-state index in [0.717, 1.165) is 45.0 Å². The number of ether oxygens (including phenoxy) is 2. The van der Waals surface area contributed by atoms with E-state index < -0.39 is 17.2 Å². The number of pyridine rings is 1. The van der Waals surface area contributed by atoms with Crippen molar-refractivity contribution in [2.45, 2.75) is 35.8 Å². The summed E-state index contributed by atoms with van der Waals surface area (Å²) < 4.78 is 43.1. The second-order valence-electron chi connectivity index (χ2n) is 18.9. The third kappa shape index (κ3) is 25.8. The van der Waals surface area contributed by atoms with Gasteiger partial charge in [0.2, 0.25) is 11.1 Å². The van der Waals surface area contributed by atoms with Crippen molar-refractivity contribution in [3.05, 3.63) is 222 Å². The number of Topliss-reactive ketones (excluding diaryl/α,β-unsaturated/α-hetero) is 1. The molecule has 1 amide bonds. The van der Waals surface area contributed by atoms with Crippen LogP contribution in [0, 0.1) is 85.7 Å². The molecule has 474 valence electrons. The molecule has 0 saturated heterocycles. The van der Waals surface area contributed by atoms with Crippen LogP contribution in [-0.4, -0.2) is 109 Å². The maximum absolute atomic E-state index is 14.3. The number of fused-ring (bicyclic) bond motifs is 1. The van der Waals surface area contributed by atoms with Crippen LogP contribution >= 0.6 is 35.1 Å². The van der Waals surface area contributed by atoms with Gasteiger partial charge in [0.25, 0.3) is 0 Å². The summed E-state index contributed by atoms with van der Waals surface area (Å²) >= 11 is 8.97. The van der Waals surface area contributed by atoms with E-state index in [-0.39, 0.29) is 50.1 Å². The number of ketones is 1. The lowest BCUT2D eigenvalue weighted by Crippen LogP contribution is -2.39. The third-order valence-corrected chi connectivity index (χ3v) is 14.0. The first kappa shape index (κ1) is 73.3. The molecule has 1 unspecified atom stereocenters. The van der Waals surface area contributed by atoms with Crippen LogP contribution in [-0.2, 0) is 35.2 Å². The first-order chi connectivity index (χ1) is 45.6. The average molecular weight is 1310 g/mol. The molecule has 10 rings (SSSR count). The Balaban J connectivity index is 0.000000210. The van der Waals surface area contributed by atoms with Gasteiger partial charge in [0.1, 0.15) is 72.2 Å². The zero-order chi connectivity index (χ0) is 67.8. The van der Waals surface area contributed by atoms with Crippen molar-refractivity contribution in [2.75, 3.05) is 43.1 Å². The normalized spacial score (nSPS) is 10.5. The zero-order valence-corrected chi connectivity index (χ0v) is 53.4. The van der Waals surface area contributed by atoms with Gasteiger partial charge in [-0.25, -0.2) is 18.4 Å². The van der Waals surface area contributed by atoms with E-state index in [2.05, 4.69) is 86.9 Å². The number of hydrogen-bond acceptors (Lipinski definition) is 16. The number of amides is 1. The fraction of sp³-hybridized carbons (Fsp3) is 0.155. The topological polar surface area (TPSA) is 215 Å². The highest BCUT2D eigenvalue weighted by Crippen LogP contribution is 2.30. The number of terminal acetylenes is 6. The predicted molar refractivity (Wildman–Crippen MR) is 366 cm³/mol. The Kier molecular flexibility index (Phi) is 32.0. The lowest BCUT2D eigenvalue weighted by Gasteiger charge is -2.29. The van der Waals surface area contributed by atoms with E-state index >= 15 is 0 Å². The predicted octanol–water partition coefficient (Wildman–Crippen LogP) is 10.6. The number of thioether (sulfide) groups is 2. The first-order valence-electron chi connectivity index (χ1n) is 27.9. The van der Waals surface area contributed by atoms with Gasteiger partial charge in [0.15, 0.2) is 5.16 Å². The summed E-state index contributed by atoms with van der Waals surface area (Å²) in [5.74, 6) is 15.7. The van der Waals surface area contributed by atoms with Gasteiger partial charge in [-0.15, -0.1) is 53.8 Å². The molecule has 0 spiro atoms. The number of halogens is 3. The van der Waals surface area contributed by atoms with E-state index in [1.54, 1.807) is 66.6 Å². The average Bonchev–Trinajstić information content (AvgIpc) is 0.961. The number of aliphatic hydroxyl groups is 1. The van der Waals surface area contributed by atoms with Crippen LogP contribution in [0.1, 0.15) is 29.2 Å². The number of nitrogens with one attached hydrogen (secondary N) is 2. The fourth-order valence-electron chi connectivity index (χ4n) is 7.71. The van der Waals surface area contributed by atoms with Crippen LogP contribution in [0.15, 0.2) is 193 Å². The summed E-state index contributed by atoms with van der Waals surface area (Å²) in [4.78, 5) is 30.0. The number of rotatable bonds is 20. The number of aromatic nitrogens is 11. The summed E-state index contributed by atoms with van der Waals surface area (Å²) in [5, 5.41) is 42.8. The van der Waals surface area contributed by atoms with Gasteiger partial charge in [-0.1, -0.05) is 143 Å². The highest BCUT2D eigenvalue weighted by Gasteiger charge is 2.33. The first-order valence-corrected chi connectivity index (χ1v) is 30.3. The third-order valence-electron chi connectivity index (χ3n) is 11.9. The van der Waals surface area contributed by atoms with Crippen LogP contribution in [0.25, 0.3) is 22.7 Å². The lowest BCUT2D eigenvalue weighted by molar-refractivity contribution is -0.117. The van der Waals surface area contributed by atoms with Crippen LogP contribution < -0.4 is 20.1 Å². The van der Waals surface area contributed by atoms with Crippen LogP contribution in [0.5, 0.6) is 11.5 Å². The largest absolute Gasteiger partial charge is 0.481 e. The Hall–Kier alpha value is -11.5. The maximum atomic E-state index is 14.3. The Labute approximate surface area is 558 Å². The van der Waals surface area contributed by atoms with Crippen molar-refractivity contribution >= 4 is 69.5 Å². The minimum atomic E-state index is -1.70. The van der Waals surface area contributed by atoms with Gasteiger partial charge in [-0.2, -0.15) is 9.78 Å². The molecule has 6 aromatic carbocycles. The van der Waals surface area contributed by atoms with Gasteiger partial charge in [-0.05, 0) is 107 Å². The molecule has 10 aromatic rings. The number of anilines is 1. The summed E-state index contributed by atoms with van der Waals surface area (Å²) in [6, 6.07) is 44.1. The number of tetrazole rings is 1. The minimum Gasteiger partial charge on any atom is -0.481 e. The molecule has 4 aromatic heterocycles. The standard InChI is InChI=1S/C19H16F2N4O.C12H8ClNO.C12H11NO.C12H12O2.C10H8N4S.C6H7N3S/c1-2-14-4-3-5-16(8-14)23-10-19(26,11-25-13-22-12-24-25)17-7-6-15(20)9-18(17)21;1-2-8-15-11-6-5-10(13)9-4-3-7-14-12(9)11;1-2-10-13-12(14)9-8-11-6-4-3-5-7-11;1-3-7-14-12-6-4-5-11(9-12)8-10(2)13;1-2-8-15-10-11-12-13-14(10)9-6-4-3-5-7-9;1-3-4-10-6-8-7-5-9(6)2/h1,3-9,12-13,23,26H,10-11H2;1,3-7H,8H2;1,3-9H,10H2,(H,13,14);1,4-6,9H,7-8H2,2H3;1,3-7H,8H2;1,5H,4H2,2H3/b;;9-8+;;;. The monoisotopic (exact) mass is 1310 g/mol. The number of aryl methyl sites for hydroxylation is 1. The van der Waals surface area contributed by atoms with Crippen molar-refractivity contribution in [3.8, 4) is 91.2 Å². The summed E-state index contributed by atoms with van der Waals surface area (Å²) in [7, 11) is 1.89. The van der Waals surface area contributed by atoms with E-state index in [0.29, 0.717) is 50.9 Å². The molecule has 0 radical (unpaired) electrons. The SMILES string of the molecule is C#CCNC(=O)/C=C/c1ccccc1.C#CCOc1ccc(Cl)c2cccnc12.C#CCOc1cccc(CC(C)=O)c1.C#CCSc1nncn1C.C#CCSc1nnnn1-c1ccccc1.C#Cc1cccc(NCC(O)(Cn2cncn2)c2ccc(F)cc2F)c1. The van der Waals surface area contributed by atoms with Crippen LogP contribution in [0.3, 0.4) is 0 Å². The Morgan fingerprint density at radius 3 is 2.15 bits per heavy atom. The zero-order valence-electron chi connectivity index (χ0n) is 51.0. The van der Waals surface area contributed by atoms with Gasteiger partial charge >= 0.3 is 0 Å². The molecule has 23 heteroatoms. The minimum absolute atomic E-state index is 0.0463. The van der Waals surface area contributed by atoms with Crippen molar-refractivity contribution in [3.63, 3.8) is 0 Å². The van der Waals surface area contributed by atoms with Gasteiger partial charge in [-0.3, -0.25) is 14.6 Å². The molecular formula is C71H62ClF2N13O5S2. The van der Waals surface area contributed by atoms with Gasteiger partial charge in [0, 0.05) is 60.6 Å². The molecule has 4 heterocycles. The van der Waals surface area contributed by atoms with Crippen molar-refractivity contribution in [1.29, 1.82) is 0 Å². The summed E-state index contributed by atoms with van der Waals surface area (Å²) in [6.07, 6.45) is 40.5. The molecule has 0 fully saturated rings. The fourth-order valence-corrected chi connectivity index (χ4v) is 9.06. The van der Waals surface area contributed by atoms with Gasteiger partial charge < -0.3 is 29.8 Å². The number of benzene rings is 6. The van der Waals surface area contributed by atoms with Gasteiger partial charge in [0.05, 0.1) is 35.3 Å². The molecule has 0 aliphatic carbocycles. The summed E-state index contributed by atoms with van der Waals surface area (Å²) in [5.41, 5.74) is 3.20.